The number of rotatable bonds is 6. The van der Waals surface area contributed by atoms with Gasteiger partial charge in [0.25, 0.3) is 0 Å². The highest BCUT2D eigenvalue weighted by molar-refractivity contribution is 5.70. The van der Waals surface area contributed by atoms with Gasteiger partial charge in [0.1, 0.15) is 0 Å². The van der Waals surface area contributed by atoms with Gasteiger partial charge in [-0.15, -0.1) is 0 Å². The second-order valence-electron chi connectivity index (χ2n) is 5.04. The lowest BCUT2D eigenvalue weighted by Gasteiger charge is -2.42. The van der Waals surface area contributed by atoms with Crippen LogP contribution in [-0.4, -0.2) is 31.1 Å². The molecule has 0 saturated carbocycles. The largest absolute Gasteiger partial charge is 0.466 e. The molecule has 0 aromatic heterocycles. The predicted octanol–water partition coefficient (Wildman–Crippen LogP) is 2.90. The van der Waals surface area contributed by atoms with Crippen LogP contribution in [0, 0.1) is 5.92 Å². The molecule has 4 heteroatoms. The van der Waals surface area contributed by atoms with E-state index < -0.39 is 5.79 Å². The molecule has 1 aliphatic heterocycles. The summed E-state index contributed by atoms with van der Waals surface area (Å²) in [5.41, 5.74) is 0. The predicted molar refractivity (Wildman–Crippen MR) is 69.2 cm³/mol. The third kappa shape index (κ3) is 4.25. The van der Waals surface area contributed by atoms with Crippen molar-refractivity contribution in [2.75, 3.05) is 13.2 Å². The SMILES string of the molecule is CCC[C@H]1O[C@](C)(CC(=O)OCC)OC[C@H]1CC. The minimum Gasteiger partial charge on any atom is -0.466 e. The molecule has 0 aromatic rings. The number of ether oxygens (including phenoxy) is 3. The Bertz CT molecular complexity index is 267. The van der Waals surface area contributed by atoms with Crippen molar-refractivity contribution in [1.82, 2.24) is 0 Å². The zero-order valence-corrected chi connectivity index (χ0v) is 12.0. The Kier molecular flexibility index (Phi) is 6.09. The van der Waals surface area contributed by atoms with Gasteiger partial charge in [0, 0.05) is 5.92 Å². The summed E-state index contributed by atoms with van der Waals surface area (Å²) in [6, 6.07) is 0. The Labute approximate surface area is 110 Å². The van der Waals surface area contributed by atoms with Crippen LogP contribution in [0.25, 0.3) is 0 Å². The molecule has 0 aliphatic carbocycles. The van der Waals surface area contributed by atoms with E-state index in [9.17, 15) is 4.79 Å². The molecule has 0 radical (unpaired) electrons. The summed E-state index contributed by atoms with van der Waals surface area (Å²) in [6.45, 7) is 8.98. The topological polar surface area (TPSA) is 44.8 Å². The maximum absolute atomic E-state index is 11.5. The van der Waals surface area contributed by atoms with Gasteiger partial charge in [-0.3, -0.25) is 4.79 Å². The molecule has 0 unspecified atom stereocenters. The number of carbonyl (C=O) groups is 1. The van der Waals surface area contributed by atoms with Crippen molar-refractivity contribution in [3.8, 4) is 0 Å². The Morgan fingerprint density at radius 1 is 1.39 bits per heavy atom. The molecule has 1 fully saturated rings. The molecule has 0 amide bonds. The highest BCUT2D eigenvalue weighted by Gasteiger charge is 2.40. The highest BCUT2D eigenvalue weighted by atomic mass is 16.7. The van der Waals surface area contributed by atoms with Crippen LogP contribution in [0.2, 0.25) is 0 Å². The molecule has 4 nitrogen and oxygen atoms in total. The first kappa shape index (κ1) is 15.4. The minimum absolute atomic E-state index is 0.164. The third-order valence-electron chi connectivity index (χ3n) is 3.40. The highest BCUT2D eigenvalue weighted by Crippen LogP contribution is 2.33. The fourth-order valence-corrected chi connectivity index (χ4v) is 2.37. The van der Waals surface area contributed by atoms with Crippen molar-refractivity contribution in [1.29, 1.82) is 0 Å². The fraction of sp³-hybridized carbons (Fsp3) is 0.929. The van der Waals surface area contributed by atoms with Gasteiger partial charge in [-0.05, 0) is 26.7 Å². The summed E-state index contributed by atoms with van der Waals surface area (Å²) in [6.07, 6.45) is 3.49. The molecular formula is C14H26O4. The summed E-state index contributed by atoms with van der Waals surface area (Å²) in [5, 5.41) is 0. The molecule has 18 heavy (non-hydrogen) atoms. The summed E-state index contributed by atoms with van der Waals surface area (Å²) in [7, 11) is 0. The average Bonchev–Trinajstić information content (AvgIpc) is 2.29. The molecule has 1 heterocycles. The van der Waals surface area contributed by atoms with E-state index in [1.54, 1.807) is 6.92 Å². The summed E-state index contributed by atoms with van der Waals surface area (Å²) in [4.78, 5) is 11.5. The van der Waals surface area contributed by atoms with Crippen LogP contribution in [0.15, 0.2) is 0 Å². The van der Waals surface area contributed by atoms with Gasteiger partial charge >= 0.3 is 5.97 Å². The lowest BCUT2D eigenvalue weighted by atomic mass is 9.94. The standard InChI is InChI=1S/C14H26O4/c1-5-8-12-11(6-2)10-17-14(4,18-12)9-13(15)16-7-3/h11-12H,5-10H2,1-4H3/t11-,12-,14-/m1/s1. The van der Waals surface area contributed by atoms with Crippen molar-refractivity contribution in [3.63, 3.8) is 0 Å². The lowest BCUT2D eigenvalue weighted by Crippen LogP contribution is -2.48. The molecule has 0 spiro atoms. The zero-order chi connectivity index (χ0) is 13.6. The minimum atomic E-state index is -0.822. The Balaban J connectivity index is 2.59. The smallest absolute Gasteiger partial charge is 0.311 e. The van der Waals surface area contributed by atoms with Crippen LogP contribution >= 0.6 is 0 Å². The van der Waals surface area contributed by atoms with E-state index >= 15 is 0 Å². The molecule has 3 atom stereocenters. The zero-order valence-electron chi connectivity index (χ0n) is 12.0. The van der Waals surface area contributed by atoms with Crippen molar-refractivity contribution in [2.45, 2.75) is 65.3 Å². The summed E-state index contributed by atoms with van der Waals surface area (Å²) < 4.78 is 16.7. The van der Waals surface area contributed by atoms with E-state index in [-0.39, 0.29) is 18.5 Å². The number of hydrogen-bond donors (Lipinski definition) is 0. The normalized spacial score (nSPS) is 32.2. The van der Waals surface area contributed by atoms with E-state index in [0.717, 1.165) is 19.3 Å². The molecular weight excluding hydrogens is 232 g/mol. The summed E-state index contributed by atoms with van der Waals surface area (Å²) in [5.74, 6) is -0.650. The van der Waals surface area contributed by atoms with E-state index in [0.29, 0.717) is 19.1 Å². The van der Waals surface area contributed by atoms with Crippen LogP contribution in [0.1, 0.15) is 53.4 Å². The Morgan fingerprint density at radius 2 is 2.11 bits per heavy atom. The van der Waals surface area contributed by atoms with Crippen LogP contribution in [0.3, 0.4) is 0 Å². The molecule has 1 saturated heterocycles. The Hall–Kier alpha value is -0.610. The van der Waals surface area contributed by atoms with Gasteiger partial charge in [0.05, 0.1) is 25.7 Å². The van der Waals surface area contributed by atoms with E-state index in [4.69, 9.17) is 14.2 Å². The maximum atomic E-state index is 11.5. The average molecular weight is 258 g/mol. The third-order valence-corrected chi connectivity index (χ3v) is 3.40. The fourth-order valence-electron chi connectivity index (χ4n) is 2.37. The van der Waals surface area contributed by atoms with Crippen LogP contribution in [-0.2, 0) is 19.0 Å². The van der Waals surface area contributed by atoms with Crippen molar-refractivity contribution in [3.05, 3.63) is 0 Å². The van der Waals surface area contributed by atoms with E-state index in [2.05, 4.69) is 13.8 Å². The lowest BCUT2D eigenvalue weighted by molar-refractivity contribution is -0.304. The van der Waals surface area contributed by atoms with Gasteiger partial charge in [-0.25, -0.2) is 0 Å². The van der Waals surface area contributed by atoms with Gasteiger partial charge in [-0.1, -0.05) is 20.3 Å². The van der Waals surface area contributed by atoms with Gasteiger partial charge < -0.3 is 14.2 Å². The van der Waals surface area contributed by atoms with Crippen molar-refractivity contribution >= 4 is 5.97 Å². The quantitative estimate of drug-likeness (QED) is 0.687. The van der Waals surface area contributed by atoms with Crippen molar-refractivity contribution < 1.29 is 19.0 Å². The molecule has 0 bridgehead atoms. The first-order valence-corrected chi connectivity index (χ1v) is 7.02. The van der Waals surface area contributed by atoms with Gasteiger partial charge in [0.2, 0.25) is 0 Å². The molecule has 1 aliphatic rings. The molecule has 0 aromatic carbocycles. The van der Waals surface area contributed by atoms with Crippen LogP contribution in [0.5, 0.6) is 0 Å². The first-order chi connectivity index (χ1) is 8.54. The van der Waals surface area contributed by atoms with Crippen LogP contribution in [0.4, 0.5) is 0 Å². The number of carbonyl (C=O) groups excluding carboxylic acids is 1. The van der Waals surface area contributed by atoms with E-state index in [1.807, 2.05) is 6.92 Å². The van der Waals surface area contributed by atoms with Gasteiger partial charge in [0.15, 0.2) is 5.79 Å². The monoisotopic (exact) mass is 258 g/mol. The van der Waals surface area contributed by atoms with Gasteiger partial charge in [-0.2, -0.15) is 0 Å². The van der Waals surface area contributed by atoms with Crippen LogP contribution < -0.4 is 0 Å². The number of hydrogen-bond acceptors (Lipinski definition) is 4. The summed E-state index contributed by atoms with van der Waals surface area (Å²) >= 11 is 0. The molecule has 0 N–H and O–H groups in total. The second kappa shape index (κ2) is 7.10. The maximum Gasteiger partial charge on any atom is 0.311 e. The molecule has 1 rings (SSSR count). The van der Waals surface area contributed by atoms with E-state index in [1.165, 1.54) is 0 Å². The Morgan fingerprint density at radius 3 is 2.67 bits per heavy atom. The number of esters is 1. The van der Waals surface area contributed by atoms with Crippen molar-refractivity contribution in [2.24, 2.45) is 5.92 Å². The second-order valence-corrected chi connectivity index (χ2v) is 5.04. The first-order valence-electron chi connectivity index (χ1n) is 7.02. The molecule has 106 valence electrons.